The molecular formula is C27H21N2O5-. The van der Waals surface area contributed by atoms with E-state index < -0.39 is 5.97 Å². The van der Waals surface area contributed by atoms with Gasteiger partial charge in [0.05, 0.1) is 22.8 Å². The first-order valence-corrected chi connectivity index (χ1v) is 11.0. The summed E-state index contributed by atoms with van der Waals surface area (Å²) in [5.41, 5.74) is 3.04. The summed E-state index contributed by atoms with van der Waals surface area (Å²) in [4.78, 5) is 41.1. The number of nitrogens with zero attached hydrogens (tertiary/aromatic N) is 1. The number of hydrogen-bond donors (Lipinski definition) is 1. The Hall–Kier alpha value is -4.39. The van der Waals surface area contributed by atoms with Crippen molar-refractivity contribution >= 4 is 28.7 Å². The molecule has 0 bridgehead atoms. The quantitative estimate of drug-likeness (QED) is 0.412. The fourth-order valence-electron chi connectivity index (χ4n) is 4.35. The van der Waals surface area contributed by atoms with E-state index >= 15 is 0 Å². The number of aromatic nitrogens is 1. The molecule has 0 aliphatic carbocycles. The van der Waals surface area contributed by atoms with E-state index in [-0.39, 0.29) is 24.1 Å². The molecule has 1 N–H and O–H groups in total. The maximum atomic E-state index is 12.6. The van der Waals surface area contributed by atoms with Crippen LogP contribution in [0.25, 0.3) is 10.9 Å². The number of aromatic carboxylic acids is 1. The van der Waals surface area contributed by atoms with Crippen molar-refractivity contribution in [3.8, 4) is 5.75 Å². The van der Waals surface area contributed by atoms with Gasteiger partial charge in [-0.25, -0.2) is 0 Å². The Balaban J connectivity index is 1.34. The lowest BCUT2D eigenvalue weighted by Gasteiger charge is -2.14. The van der Waals surface area contributed by atoms with Gasteiger partial charge in [-0.15, -0.1) is 0 Å². The van der Waals surface area contributed by atoms with E-state index in [1.54, 1.807) is 42.5 Å². The van der Waals surface area contributed by atoms with E-state index in [1.807, 2.05) is 30.3 Å². The Morgan fingerprint density at radius 1 is 0.912 bits per heavy atom. The number of imide groups is 1. The number of carboxylic acids is 1. The predicted octanol–water partition coefficient (Wildman–Crippen LogP) is 3.34. The van der Waals surface area contributed by atoms with Gasteiger partial charge in [0.25, 0.3) is 11.8 Å². The highest BCUT2D eigenvalue weighted by Crippen LogP contribution is 2.29. The Kier molecular flexibility index (Phi) is 5.59. The molecule has 2 heterocycles. The number of carboxylic acid groups (broad SMARTS) is 1. The van der Waals surface area contributed by atoms with Crippen molar-refractivity contribution in [3.05, 3.63) is 101 Å². The van der Waals surface area contributed by atoms with Crippen molar-refractivity contribution in [3.63, 3.8) is 0 Å². The topological polar surface area (TPSA) is 103 Å². The van der Waals surface area contributed by atoms with Crippen LogP contribution in [-0.2, 0) is 13.0 Å². The van der Waals surface area contributed by atoms with E-state index in [2.05, 4.69) is 4.98 Å². The second-order valence-corrected chi connectivity index (χ2v) is 8.16. The van der Waals surface area contributed by atoms with Crippen molar-refractivity contribution in [1.82, 2.24) is 9.88 Å². The molecule has 34 heavy (non-hydrogen) atoms. The number of ether oxygens (including phenoxy) is 1. The average molecular weight is 453 g/mol. The van der Waals surface area contributed by atoms with E-state index in [0.717, 1.165) is 5.56 Å². The Morgan fingerprint density at radius 3 is 2.26 bits per heavy atom. The standard InChI is InChI=1S/C27H22N2O5/c30-25-20-9-4-5-10-21(20)26(31)29(25)14-6-11-19-22-15-18(34-16-17-7-2-1-3-8-17)12-13-23(22)28-24(19)27(32)33/h1-5,7-10,12-13,15,28H,6,11,14,16H2,(H,32,33)/p-1. The highest BCUT2D eigenvalue weighted by molar-refractivity contribution is 6.21. The lowest BCUT2D eigenvalue weighted by Crippen LogP contribution is -2.31. The van der Waals surface area contributed by atoms with Gasteiger partial charge in [0, 0.05) is 17.4 Å². The summed E-state index contributed by atoms with van der Waals surface area (Å²) in [5.74, 6) is -1.34. The number of hydrogen-bond acceptors (Lipinski definition) is 5. The van der Waals surface area contributed by atoms with Crippen molar-refractivity contribution in [1.29, 1.82) is 0 Å². The minimum Gasteiger partial charge on any atom is -0.543 e. The maximum absolute atomic E-state index is 12.6. The molecule has 1 aliphatic heterocycles. The number of carbonyl (C=O) groups excluding carboxylic acids is 3. The highest BCUT2D eigenvalue weighted by Gasteiger charge is 2.34. The number of carbonyl (C=O) groups is 3. The molecule has 1 aliphatic rings. The van der Waals surface area contributed by atoms with Gasteiger partial charge in [-0.05, 0) is 54.3 Å². The molecule has 1 aromatic heterocycles. The van der Waals surface area contributed by atoms with Crippen LogP contribution in [0.2, 0.25) is 0 Å². The third kappa shape index (κ3) is 3.92. The number of rotatable bonds is 8. The summed E-state index contributed by atoms with van der Waals surface area (Å²) in [7, 11) is 0. The van der Waals surface area contributed by atoms with Gasteiger partial charge in [0.1, 0.15) is 12.4 Å². The molecule has 0 unspecified atom stereocenters. The lowest BCUT2D eigenvalue weighted by molar-refractivity contribution is -0.255. The van der Waals surface area contributed by atoms with Crippen LogP contribution in [-0.4, -0.2) is 34.2 Å². The first-order valence-electron chi connectivity index (χ1n) is 11.0. The molecule has 0 radical (unpaired) electrons. The summed E-state index contributed by atoms with van der Waals surface area (Å²) in [5, 5.41) is 12.5. The molecule has 2 amide bonds. The molecule has 0 atom stereocenters. The zero-order chi connectivity index (χ0) is 23.7. The van der Waals surface area contributed by atoms with Crippen LogP contribution >= 0.6 is 0 Å². The Morgan fingerprint density at radius 2 is 1.59 bits per heavy atom. The smallest absolute Gasteiger partial charge is 0.261 e. The third-order valence-electron chi connectivity index (χ3n) is 6.02. The summed E-state index contributed by atoms with van der Waals surface area (Å²) in [6.07, 6.45) is 0.757. The zero-order valence-electron chi connectivity index (χ0n) is 18.2. The molecule has 7 nitrogen and oxygen atoms in total. The number of amides is 2. The van der Waals surface area contributed by atoms with Crippen molar-refractivity contribution in [2.24, 2.45) is 0 Å². The highest BCUT2D eigenvalue weighted by atomic mass is 16.5. The average Bonchev–Trinajstić information content (AvgIpc) is 3.34. The predicted molar refractivity (Wildman–Crippen MR) is 124 cm³/mol. The van der Waals surface area contributed by atoms with Gasteiger partial charge in [-0.2, -0.15) is 0 Å². The largest absolute Gasteiger partial charge is 0.543 e. The molecule has 0 saturated carbocycles. The second kappa shape index (κ2) is 8.86. The van der Waals surface area contributed by atoms with E-state index in [9.17, 15) is 19.5 Å². The molecule has 0 fully saturated rings. The number of H-pyrrole nitrogens is 1. The van der Waals surface area contributed by atoms with E-state index in [1.165, 1.54) is 4.90 Å². The van der Waals surface area contributed by atoms with Gasteiger partial charge in [-0.1, -0.05) is 42.5 Å². The van der Waals surface area contributed by atoms with Gasteiger partial charge in [0.15, 0.2) is 0 Å². The zero-order valence-corrected chi connectivity index (χ0v) is 18.2. The summed E-state index contributed by atoms with van der Waals surface area (Å²) >= 11 is 0. The summed E-state index contributed by atoms with van der Waals surface area (Å²) < 4.78 is 5.90. The summed E-state index contributed by atoms with van der Waals surface area (Å²) in [6.45, 7) is 0.578. The maximum Gasteiger partial charge on any atom is 0.261 e. The molecule has 3 aromatic carbocycles. The number of aromatic amines is 1. The fourth-order valence-corrected chi connectivity index (χ4v) is 4.35. The number of fused-ring (bicyclic) bond motifs is 2. The number of aryl methyl sites for hydroxylation is 1. The van der Waals surface area contributed by atoms with Crippen LogP contribution in [0.3, 0.4) is 0 Å². The Labute approximate surface area is 195 Å². The van der Waals surface area contributed by atoms with Crippen LogP contribution in [0.4, 0.5) is 0 Å². The molecule has 5 rings (SSSR count). The van der Waals surface area contributed by atoms with Gasteiger partial charge in [0.2, 0.25) is 0 Å². The monoisotopic (exact) mass is 453 g/mol. The molecular weight excluding hydrogens is 432 g/mol. The van der Waals surface area contributed by atoms with Crippen LogP contribution in [0.1, 0.15) is 48.8 Å². The van der Waals surface area contributed by atoms with Crippen LogP contribution in [0.15, 0.2) is 72.8 Å². The van der Waals surface area contributed by atoms with Crippen molar-refractivity contribution in [2.45, 2.75) is 19.4 Å². The van der Waals surface area contributed by atoms with Gasteiger partial charge in [-0.3, -0.25) is 14.5 Å². The molecule has 170 valence electrons. The fraction of sp³-hybridized carbons (Fsp3) is 0.148. The first kappa shape index (κ1) is 21.5. The third-order valence-corrected chi connectivity index (χ3v) is 6.02. The molecule has 0 saturated heterocycles. The molecule has 7 heteroatoms. The van der Waals surface area contributed by atoms with Gasteiger partial charge >= 0.3 is 0 Å². The van der Waals surface area contributed by atoms with Crippen molar-refractivity contribution < 1.29 is 24.2 Å². The van der Waals surface area contributed by atoms with Crippen molar-refractivity contribution in [2.75, 3.05) is 6.54 Å². The molecule has 0 spiro atoms. The summed E-state index contributed by atoms with van der Waals surface area (Å²) in [6, 6.07) is 21.8. The SMILES string of the molecule is O=C([O-])c1[nH]c2ccc(OCc3ccccc3)cc2c1CCCN1C(=O)c2ccccc2C1=O. The Bertz CT molecular complexity index is 1370. The van der Waals surface area contributed by atoms with Gasteiger partial charge < -0.3 is 19.6 Å². The van der Waals surface area contributed by atoms with Crippen LogP contribution in [0, 0.1) is 0 Å². The van der Waals surface area contributed by atoms with E-state index in [4.69, 9.17) is 4.74 Å². The second-order valence-electron chi connectivity index (χ2n) is 8.16. The number of benzene rings is 3. The van der Waals surface area contributed by atoms with E-state index in [0.29, 0.717) is 52.8 Å². The van der Waals surface area contributed by atoms with Crippen LogP contribution in [0.5, 0.6) is 5.75 Å². The number of nitrogens with one attached hydrogen (secondary N) is 1. The minimum atomic E-state index is -1.31. The first-order chi connectivity index (χ1) is 16.5. The van der Waals surface area contributed by atoms with Crippen LogP contribution < -0.4 is 9.84 Å². The minimum absolute atomic E-state index is 0.00225. The lowest BCUT2D eigenvalue weighted by atomic mass is 10.0. The molecule has 4 aromatic rings. The normalized spacial score (nSPS) is 12.9.